The van der Waals surface area contributed by atoms with E-state index in [9.17, 15) is 15.3 Å². The molecular formula is C30H50O3. The molecule has 0 aromatic rings. The predicted octanol–water partition coefficient (Wildman–Crippen LogP) is 5.97. The van der Waals surface area contributed by atoms with Gasteiger partial charge in [-0.3, -0.25) is 0 Å². The minimum absolute atomic E-state index is 0.00515. The summed E-state index contributed by atoms with van der Waals surface area (Å²) in [5.41, 5.74) is 1.55. The lowest BCUT2D eigenvalue weighted by Gasteiger charge is -2.73. The van der Waals surface area contributed by atoms with Crippen LogP contribution in [0.3, 0.4) is 0 Å². The van der Waals surface area contributed by atoms with Crippen molar-refractivity contribution in [3.63, 3.8) is 0 Å². The van der Waals surface area contributed by atoms with Crippen molar-refractivity contribution in [1.82, 2.24) is 0 Å². The van der Waals surface area contributed by atoms with Gasteiger partial charge >= 0.3 is 0 Å². The van der Waals surface area contributed by atoms with Gasteiger partial charge < -0.3 is 15.3 Å². The van der Waals surface area contributed by atoms with Gasteiger partial charge in [0.1, 0.15) is 0 Å². The molecule has 188 valence electrons. The van der Waals surface area contributed by atoms with Gasteiger partial charge in [0.2, 0.25) is 0 Å². The summed E-state index contributed by atoms with van der Waals surface area (Å²) in [7, 11) is 0. The number of rotatable bonds is 2. The zero-order valence-corrected chi connectivity index (χ0v) is 22.2. The number of allylic oxidation sites excluding steroid dienone is 1. The van der Waals surface area contributed by atoms with Crippen LogP contribution in [-0.4, -0.2) is 34.1 Å². The van der Waals surface area contributed by atoms with Gasteiger partial charge in [-0.2, -0.15) is 0 Å². The summed E-state index contributed by atoms with van der Waals surface area (Å²) in [6, 6.07) is 0. The molecule has 12 atom stereocenters. The van der Waals surface area contributed by atoms with Crippen molar-refractivity contribution in [1.29, 1.82) is 0 Å². The monoisotopic (exact) mass is 458 g/mol. The molecule has 5 rings (SSSR count). The summed E-state index contributed by atoms with van der Waals surface area (Å²) < 4.78 is 0. The molecule has 12 unspecified atom stereocenters. The molecule has 0 aliphatic heterocycles. The Morgan fingerprint density at radius 3 is 2.15 bits per heavy atom. The van der Waals surface area contributed by atoms with Gasteiger partial charge in [-0.25, -0.2) is 0 Å². The van der Waals surface area contributed by atoms with Gasteiger partial charge in [0, 0.05) is 17.3 Å². The van der Waals surface area contributed by atoms with Crippen LogP contribution in [0.2, 0.25) is 0 Å². The summed E-state index contributed by atoms with van der Waals surface area (Å²) in [5, 5.41) is 32.9. The third kappa shape index (κ3) is 2.80. The summed E-state index contributed by atoms with van der Waals surface area (Å²) in [5.74, 6) is 2.75. The molecular weight excluding hydrogens is 408 g/mol. The summed E-state index contributed by atoms with van der Waals surface area (Å²) in [6.07, 6.45) is 9.16. The van der Waals surface area contributed by atoms with Crippen LogP contribution in [-0.2, 0) is 0 Å². The first-order valence-corrected chi connectivity index (χ1v) is 13.9. The Hall–Kier alpha value is -0.380. The maximum Gasteiger partial charge on any atom is 0.0643 e. The fraction of sp³-hybridized carbons (Fsp3) is 0.933. The quantitative estimate of drug-likeness (QED) is 0.447. The number of aliphatic hydroxyl groups excluding tert-OH is 3. The average molecular weight is 459 g/mol. The molecule has 3 nitrogen and oxygen atoms in total. The first-order chi connectivity index (χ1) is 15.3. The Balaban J connectivity index is 1.57. The van der Waals surface area contributed by atoms with Crippen LogP contribution in [0, 0.1) is 56.7 Å². The molecule has 3 heteroatoms. The molecule has 5 aliphatic rings. The lowest BCUT2D eigenvalue weighted by molar-refractivity contribution is -0.280. The molecule has 0 amide bonds. The SMILES string of the molecule is C=C(C)C1CCC2(C)CCC3(C)C(CCC4C5(C)C(O)CC(O)C(C)(CO)C5CCC43C)C12. The molecule has 0 bridgehead atoms. The first-order valence-electron chi connectivity index (χ1n) is 13.9. The smallest absolute Gasteiger partial charge is 0.0643 e. The van der Waals surface area contributed by atoms with E-state index in [0.717, 1.165) is 24.7 Å². The minimum Gasteiger partial charge on any atom is -0.396 e. The predicted molar refractivity (Wildman–Crippen MR) is 133 cm³/mol. The van der Waals surface area contributed by atoms with Gasteiger partial charge in [0.25, 0.3) is 0 Å². The minimum atomic E-state index is -0.628. The highest BCUT2D eigenvalue weighted by Gasteiger charge is 2.72. The van der Waals surface area contributed by atoms with Crippen molar-refractivity contribution in [3.05, 3.63) is 12.2 Å². The number of hydrogen-bond acceptors (Lipinski definition) is 3. The third-order valence-corrected chi connectivity index (χ3v) is 13.7. The Bertz CT molecular complexity index is 823. The molecule has 0 aromatic carbocycles. The largest absolute Gasteiger partial charge is 0.396 e. The zero-order valence-electron chi connectivity index (χ0n) is 22.2. The van der Waals surface area contributed by atoms with Crippen LogP contribution in [0.5, 0.6) is 0 Å². The van der Waals surface area contributed by atoms with Crippen LogP contribution < -0.4 is 0 Å². The van der Waals surface area contributed by atoms with E-state index in [2.05, 4.69) is 48.1 Å². The number of fused-ring (bicyclic) bond motifs is 7. The lowest BCUT2D eigenvalue weighted by atomic mass is 9.32. The van der Waals surface area contributed by atoms with Gasteiger partial charge in [-0.1, -0.05) is 46.8 Å². The molecule has 5 saturated carbocycles. The van der Waals surface area contributed by atoms with E-state index in [1.54, 1.807) is 0 Å². The molecule has 33 heavy (non-hydrogen) atoms. The van der Waals surface area contributed by atoms with E-state index < -0.39 is 17.6 Å². The fourth-order valence-corrected chi connectivity index (χ4v) is 11.5. The molecule has 5 fully saturated rings. The Kier molecular flexibility index (Phi) is 5.40. The van der Waals surface area contributed by atoms with E-state index in [1.807, 2.05) is 0 Å². The van der Waals surface area contributed by atoms with E-state index in [-0.39, 0.29) is 28.8 Å². The van der Waals surface area contributed by atoms with E-state index in [0.29, 0.717) is 23.7 Å². The highest BCUT2D eigenvalue weighted by atomic mass is 16.3. The van der Waals surface area contributed by atoms with Gasteiger partial charge in [0.15, 0.2) is 0 Å². The van der Waals surface area contributed by atoms with Crippen LogP contribution in [0.4, 0.5) is 0 Å². The highest BCUT2D eigenvalue weighted by molar-refractivity contribution is 5.22. The first kappa shape index (κ1) is 24.3. The van der Waals surface area contributed by atoms with Gasteiger partial charge in [0.05, 0.1) is 18.8 Å². The highest BCUT2D eigenvalue weighted by Crippen LogP contribution is 2.77. The van der Waals surface area contributed by atoms with Crippen LogP contribution >= 0.6 is 0 Å². The maximum atomic E-state index is 11.5. The van der Waals surface area contributed by atoms with E-state index in [1.165, 1.54) is 44.1 Å². The van der Waals surface area contributed by atoms with Gasteiger partial charge in [-0.05, 0) is 104 Å². The Labute approximate surface area is 202 Å². The van der Waals surface area contributed by atoms with Crippen molar-refractivity contribution >= 4 is 0 Å². The second-order valence-corrected chi connectivity index (χ2v) is 14.6. The van der Waals surface area contributed by atoms with E-state index >= 15 is 0 Å². The summed E-state index contributed by atoms with van der Waals surface area (Å²) >= 11 is 0. The second kappa shape index (κ2) is 7.32. The Morgan fingerprint density at radius 1 is 0.818 bits per heavy atom. The molecule has 0 radical (unpaired) electrons. The van der Waals surface area contributed by atoms with Crippen molar-refractivity contribution in [2.45, 2.75) is 112 Å². The molecule has 3 N–H and O–H groups in total. The average Bonchev–Trinajstić information content (AvgIpc) is 3.11. The third-order valence-electron chi connectivity index (χ3n) is 13.7. The standard InChI is InChI=1S/C30H50O3/c1-18(2)19-10-12-26(3)14-15-28(5)20(25(19)26)8-9-22-29(28,6)13-11-21-27(4,17-31)23(32)16-24(33)30(21,22)7/h19-25,31-33H,1,8-17H2,2-7H3. The molecule has 0 heterocycles. The zero-order chi connectivity index (χ0) is 24.2. The van der Waals surface area contributed by atoms with Crippen molar-refractivity contribution in [2.75, 3.05) is 6.61 Å². The van der Waals surface area contributed by atoms with Crippen molar-refractivity contribution < 1.29 is 15.3 Å². The molecule has 5 aliphatic carbocycles. The van der Waals surface area contributed by atoms with Gasteiger partial charge in [-0.15, -0.1) is 0 Å². The normalized spacial score (nSPS) is 60.3. The topological polar surface area (TPSA) is 60.7 Å². The number of aliphatic hydroxyl groups is 3. The van der Waals surface area contributed by atoms with E-state index in [4.69, 9.17) is 0 Å². The van der Waals surface area contributed by atoms with Crippen LogP contribution in [0.15, 0.2) is 12.2 Å². The summed E-state index contributed by atoms with van der Waals surface area (Å²) in [4.78, 5) is 0. The fourth-order valence-electron chi connectivity index (χ4n) is 11.5. The van der Waals surface area contributed by atoms with Crippen LogP contribution in [0.25, 0.3) is 0 Å². The van der Waals surface area contributed by atoms with Crippen LogP contribution in [0.1, 0.15) is 99.3 Å². The van der Waals surface area contributed by atoms with Crippen molar-refractivity contribution in [3.8, 4) is 0 Å². The number of hydrogen-bond donors (Lipinski definition) is 3. The van der Waals surface area contributed by atoms with Crippen molar-refractivity contribution in [2.24, 2.45) is 56.7 Å². The lowest BCUT2D eigenvalue weighted by Crippen LogP contribution is -2.70. The molecule has 0 spiro atoms. The maximum absolute atomic E-state index is 11.5. The molecule has 0 aromatic heterocycles. The second-order valence-electron chi connectivity index (χ2n) is 14.6. The summed E-state index contributed by atoms with van der Waals surface area (Å²) in [6.45, 7) is 18.9. The Morgan fingerprint density at radius 2 is 1.52 bits per heavy atom. The molecule has 0 saturated heterocycles.